The first-order chi connectivity index (χ1) is 17.2. The molecule has 3 aliphatic rings. The van der Waals surface area contributed by atoms with Crippen molar-refractivity contribution in [1.29, 1.82) is 0 Å². The van der Waals surface area contributed by atoms with Crippen LogP contribution in [0.1, 0.15) is 54.5 Å². The van der Waals surface area contributed by atoms with Gasteiger partial charge in [0, 0.05) is 30.6 Å². The summed E-state index contributed by atoms with van der Waals surface area (Å²) in [6, 6.07) is 5.33. The summed E-state index contributed by atoms with van der Waals surface area (Å²) in [5.41, 5.74) is -0.0239. The monoisotopic (exact) mass is 521 g/mol. The van der Waals surface area contributed by atoms with Gasteiger partial charge in [-0.15, -0.1) is 10.2 Å². The molecule has 0 bridgehead atoms. The average molecular weight is 522 g/mol. The number of alkyl halides is 3. The molecule has 6 rings (SSSR count). The summed E-state index contributed by atoms with van der Waals surface area (Å²) in [6.45, 7) is 3.10. The van der Waals surface area contributed by atoms with Gasteiger partial charge in [-0.1, -0.05) is 11.6 Å². The maximum absolute atomic E-state index is 14.0. The fraction of sp³-hybridized carbons (Fsp3) is 0.500. The topological polar surface area (TPSA) is 63.0 Å². The molecule has 2 aliphatic heterocycles. The number of fused-ring (bicyclic) bond motifs is 3. The minimum atomic E-state index is -4.32. The molecule has 0 amide bonds. The molecule has 3 aromatic rings. The van der Waals surface area contributed by atoms with Crippen molar-refractivity contribution in [2.24, 2.45) is 0 Å². The largest absolute Gasteiger partial charge is 0.406 e. The molecule has 12 heteroatoms. The lowest BCUT2D eigenvalue weighted by Gasteiger charge is -2.32. The molecule has 190 valence electrons. The second-order valence-corrected chi connectivity index (χ2v) is 10.3. The van der Waals surface area contributed by atoms with Crippen molar-refractivity contribution in [1.82, 2.24) is 29.6 Å². The molecule has 0 N–H and O–H groups in total. The molecule has 1 aromatic carbocycles. The van der Waals surface area contributed by atoms with Crippen LogP contribution in [-0.4, -0.2) is 54.4 Å². The average Bonchev–Trinajstić information content (AvgIpc) is 3.59. The van der Waals surface area contributed by atoms with E-state index in [0.717, 1.165) is 29.9 Å². The Kier molecular flexibility index (Phi) is 5.49. The Balaban J connectivity index is 1.31. The van der Waals surface area contributed by atoms with E-state index in [1.807, 2.05) is 15.5 Å². The van der Waals surface area contributed by atoms with Crippen molar-refractivity contribution in [3.63, 3.8) is 0 Å². The SMILES string of the molecule is Cc1nc(N2CCC(c3nnc4n3-c3ccc(Cl)cc3CN(C3(C(F)(F)F)CC3)C4)CC2)ncc1F. The van der Waals surface area contributed by atoms with Gasteiger partial charge in [-0.25, -0.2) is 14.4 Å². The molecule has 0 unspecified atom stereocenters. The Morgan fingerprint density at radius 1 is 1.08 bits per heavy atom. The zero-order valence-electron chi connectivity index (χ0n) is 19.6. The standard InChI is InChI=1S/C24H24ClF4N7/c1-14-18(26)11-30-22(31-14)34-8-4-15(5-9-34)21-33-32-20-13-35(23(6-7-23)24(27,28)29)12-16-10-17(25)2-3-19(16)36(20)21/h2-3,10-11,15H,4-9,12-13H2,1H3. The predicted molar refractivity (Wildman–Crippen MR) is 125 cm³/mol. The minimum absolute atomic E-state index is 0.0524. The van der Waals surface area contributed by atoms with E-state index in [4.69, 9.17) is 11.6 Å². The summed E-state index contributed by atoms with van der Waals surface area (Å²) in [7, 11) is 0. The van der Waals surface area contributed by atoms with E-state index in [1.54, 1.807) is 19.1 Å². The molecule has 1 saturated carbocycles. The third kappa shape index (κ3) is 3.83. The van der Waals surface area contributed by atoms with Crippen LogP contribution in [0.15, 0.2) is 24.4 Å². The molecule has 2 fully saturated rings. The molecule has 0 radical (unpaired) electrons. The maximum Gasteiger partial charge on any atom is 0.406 e. The fourth-order valence-corrected chi connectivity index (χ4v) is 5.62. The Morgan fingerprint density at radius 3 is 2.50 bits per heavy atom. The lowest BCUT2D eigenvalue weighted by atomic mass is 9.95. The molecule has 2 aromatic heterocycles. The van der Waals surface area contributed by atoms with Crippen LogP contribution >= 0.6 is 11.6 Å². The lowest BCUT2D eigenvalue weighted by molar-refractivity contribution is -0.200. The van der Waals surface area contributed by atoms with Crippen molar-refractivity contribution in [2.45, 2.75) is 63.3 Å². The first kappa shape index (κ1) is 23.6. The van der Waals surface area contributed by atoms with E-state index in [0.29, 0.717) is 35.6 Å². The third-order valence-corrected chi connectivity index (χ3v) is 7.87. The van der Waals surface area contributed by atoms with Gasteiger partial charge in [0.05, 0.1) is 24.1 Å². The second kappa shape index (κ2) is 8.37. The van der Waals surface area contributed by atoms with Gasteiger partial charge in [-0.3, -0.25) is 9.47 Å². The second-order valence-electron chi connectivity index (χ2n) is 9.83. The smallest absolute Gasteiger partial charge is 0.341 e. The molecule has 1 aliphatic carbocycles. The highest BCUT2D eigenvalue weighted by Crippen LogP contribution is 2.55. The van der Waals surface area contributed by atoms with Crippen molar-refractivity contribution in [2.75, 3.05) is 18.0 Å². The number of nitrogens with zero attached hydrogens (tertiary/aromatic N) is 7. The number of rotatable bonds is 3. The number of halogens is 5. The Bertz CT molecular complexity index is 1310. The highest BCUT2D eigenvalue weighted by atomic mass is 35.5. The molecule has 7 nitrogen and oxygen atoms in total. The first-order valence-corrected chi connectivity index (χ1v) is 12.3. The van der Waals surface area contributed by atoms with E-state index < -0.39 is 17.5 Å². The fourth-order valence-electron chi connectivity index (χ4n) is 5.42. The van der Waals surface area contributed by atoms with Crippen LogP contribution in [-0.2, 0) is 13.1 Å². The van der Waals surface area contributed by atoms with Gasteiger partial charge in [-0.05, 0) is 56.4 Å². The lowest BCUT2D eigenvalue weighted by Crippen LogP contribution is -2.47. The Morgan fingerprint density at radius 2 is 1.83 bits per heavy atom. The van der Waals surface area contributed by atoms with Crippen molar-refractivity contribution >= 4 is 17.5 Å². The van der Waals surface area contributed by atoms with Crippen molar-refractivity contribution < 1.29 is 17.6 Å². The highest BCUT2D eigenvalue weighted by Gasteiger charge is 2.66. The summed E-state index contributed by atoms with van der Waals surface area (Å²) < 4.78 is 57.6. The van der Waals surface area contributed by atoms with Crippen molar-refractivity contribution in [3.8, 4) is 5.69 Å². The Labute approximate surface area is 210 Å². The number of anilines is 1. The summed E-state index contributed by atoms with van der Waals surface area (Å²) in [5, 5.41) is 9.33. The molecule has 0 spiro atoms. The molecule has 1 saturated heterocycles. The molecule has 4 heterocycles. The third-order valence-electron chi connectivity index (χ3n) is 7.64. The normalized spacial score (nSPS) is 20.1. The molecule has 36 heavy (non-hydrogen) atoms. The number of aromatic nitrogens is 5. The highest BCUT2D eigenvalue weighted by molar-refractivity contribution is 6.30. The van der Waals surface area contributed by atoms with Crippen LogP contribution in [0.2, 0.25) is 5.02 Å². The number of hydrogen-bond donors (Lipinski definition) is 0. The summed E-state index contributed by atoms with van der Waals surface area (Å²) in [6.07, 6.45) is -1.51. The van der Waals surface area contributed by atoms with Crippen LogP contribution in [0.5, 0.6) is 0 Å². The quantitative estimate of drug-likeness (QED) is 0.454. The first-order valence-electron chi connectivity index (χ1n) is 12.0. The molecular formula is C24H24ClF4N7. The zero-order valence-corrected chi connectivity index (χ0v) is 20.3. The van der Waals surface area contributed by atoms with E-state index in [-0.39, 0.29) is 31.8 Å². The van der Waals surface area contributed by atoms with E-state index in [9.17, 15) is 17.6 Å². The zero-order chi connectivity index (χ0) is 25.2. The van der Waals surface area contributed by atoms with Gasteiger partial charge >= 0.3 is 6.18 Å². The van der Waals surface area contributed by atoms with Crippen molar-refractivity contribution in [3.05, 3.63) is 58.1 Å². The van der Waals surface area contributed by atoms with Gasteiger partial charge in [0.15, 0.2) is 11.6 Å². The summed E-state index contributed by atoms with van der Waals surface area (Å²) in [5.74, 6) is 1.34. The van der Waals surface area contributed by atoms with Crippen LogP contribution in [0.3, 0.4) is 0 Å². The number of benzene rings is 1. The number of piperidine rings is 1. The van der Waals surface area contributed by atoms with Gasteiger partial charge in [0.2, 0.25) is 5.95 Å². The number of hydrogen-bond acceptors (Lipinski definition) is 6. The number of aryl methyl sites for hydroxylation is 1. The Hall–Kier alpha value is -2.79. The molecular weight excluding hydrogens is 498 g/mol. The minimum Gasteiger partial charge on any atom is -0.341 e. The van der Waals surface area contributed by atoms with E-state index >= 15 is 0 Å². The van der Waals surface area contributed by atoms with Crippen LogP contribution < -0.4 is 4.90 Å². The van der Waals surface area contributed by atoms with E-state index in [2.05, 4.69) is 20.2 Å². The maximum atomic E-state index is 14.0. The predicted octanol–water partition coefficient (Wildman–Crippen LogP) is 4.95. The summed E-state index contributed by atoms with van der Waals surface area (Å²) >= 11 is 6.26. The van der Waals surface area contributed by atoms with Crippen LogP contribution in [0, 0.1) is 12.7 Å². The van der Waals surface area contributed by atoms with E-state index in [1.165, 1.54) is 11.1 Å². The molecule has 0 atom stereocenters. The van der Waals surface area contributed by atoms with Gasteiger partial charge in [-0.2, -0.15) is 13.2 Å². The van der Waals surface area contributed by atoms with Gasteiger partial charge in [0.25, 0.3) is 0 Å². The summed E-state index contributed by atoms with van der Waals surface area (Å²) in [4.78, 5) is 11.9. The van der Waals surface area contributed by atoms with Gasteiger partial charge < -0.3 is 4.90 Å². The van der Waals surface area contributed by atoms with Gasteiger partial charge in [0.1, 0.15) is 11.4 Å². The van der Waals surface area contributed by atoms with Crippen LogP contribution in [0.25, 0.3) is 5.69 Å². The van der Waals surface area contributed by atoms with Crippen LogP contribution in [0.4, 0.5) is 23.5 Å².